The monoisotopic (exact) mass is 408 g/mol. The Morgan fingerprint density at radius 1 is 1.24 bits per heavy atom. The van der Waals surface area contributed by atoms with Gasteiger partial charge in [0.15, 0.2) is 10.6 Å². The molecule has 0 amide bonds. The van der Waals surface area contributed by atoms with Crippen molar-refractivity contribution in [2.45, 2.75) is 44.9 Å². The lowest BCUT2D eigenvalue weighted by molar-refractivity contribution is -0.384. The summed E-state index contributed by atoms with van der Waals surface area (Å²) in [7, 11) is 0. The molecule has 2 aliphatic rings. The van der Waals surface area contributed by atoms with Crippen molar-refractivity contribution in [3.63, 3.8) is 0 Å². The van der Waals surface area contributed by atoms with Gasteiger partial charge in [0.25, 0.3) is 5.69 Å². The quantitative estimate of drug-likeness (QED) is 0.359. The van der Waals surface area contributed by atoms with E-state index in [0.717, 1.165) is 41.9 Å². The van der Waals surface area contributed by atoms with Crippen LogP contribution < -0.4 is 4.90 Å². The molecule has 8 nitrogen and oxygen atoms in total. The lowest BCUT2D eigenvalue weighted by Crippen LogP contribution is -2.32. The SMILES string of the molecule is C[C@H]1Cc2cc([N+](=O)[O-])ccc2N1Cn1nc(-c2ccncc2)n(C2CC2)c1=S. The highest BCUT2D eigenvalue weighted by Gasteiger charge is 2.31. The maximum Gasteiger partial charge on any atom is 0.269 e. The first-order valence-corrected chi connectivity index (χ1v) is 10.1. The Labute approximate surface area is 172 Å². The van der Waals surface area contributed by atoms with Crippen molar-refractivity contribution in [3.05, 3.63) is 63.2 Å². The van der Waals surface area contributed by atoms with E-state index in [0.29, 0.717) is 17.5 Å². The molecular weight excluding hydrogens is 388 g/mol. The third-order valence-electron chi connectivity index (χ3n) is 5.64. The number of nitro groups is 1. The largest absolute Gasteiger partial charge is 0.349 e. The van der Waals surface area contributed by atoms with Crippen molar-refractivity contribution < 1.29 is 4.92 Å². The van der Waals surface area contributed by atoms with Crippen molar-refractivity contribution in [3.8, 4) is 11.4 Å². The Kier molecular flexibility index (Phi) is 4.20. The molecule has 1 aliphatic heterocycles. The van der Waals surface area contributed by atoms with Crippen molar-refractivity contribution in [1.29, 1.82) is 0 Å². The van der Waals surface area contributed by atoms with Crippen LogP contribution in [0.4, 0.5) is 11.4 Å². The highest BCUT2D eigenvalue weighted by molar-refractivity contribution is 7.71. The summed E-state index contributed by atoms with van der Waals surface area (Å²) in [6.45, 7) is 2.64. The van der Waals surface area contributed by atoms with Gasteiger partial charge < -0.3 is 4.90 Å². The van der Waals surface area contributed by atoms with Gasteiger partial charge in [0.05, 0.1) is 4.92 Å². The van der Waals surface area contributed by atoms with Crippen LogP contribution in [0.1, 0.15) is 31.4 Å². The van der Waals surface area contributed by atoms with Gasteiger partial charge in [-0.2, -0.15) is 0 Å². The molecule has 148 valence electrons. The molecule has 3 heterocycles. The number of nitro benzene ring substituents is 1. The number of hydrogen-bond donors (Lipinski definition) is 0. The number of benzene rings is 1. The van der Waals surface area contributed by atoms with Crippen LogP contribution in [0.3, 0.4) is 0 Å². The normalized spacial score (nSPS) is 18.1. The summed E-state index contributed by atoms with van der Waals surface area (Å²) in [6.07, 6.45) is 6.53. The van der Waals surface area contributed by atoms with Crippen LogP contribution in [-0.4, -0.2) is 30.3 Å². The maximum atomic E-state index is 11.1. The Bertz CT molecular complexity index is 1150. The van der Waals surface area contributed by atoms with Gasteiger partial charge in [0.2, 0.25) is 0 Å². The van der Waals surface area contributed by atoms with E-state index in [2.05, 4.69) is 21.4 Å². The fraction of sp³-hybridized carbons (Fsp3) is 0.350. The zero-order valence-corrected chi connectivity index (χ0v) is 16.7. The number of nitrogens with zero attached hydrogens (tertiary/aromatic N) is 6. The molecule has 0 saturated heterocycles. The van der Waals surface area contributed by atoms with E-state index >= 15 is 0 Å². The van der Waals surface area contributed by atoms with E-state index in [9.17, 15) is 10.1 Å². The Morgan fingerprint density at radius 2 is 2.00 bits per heavy atom. The minimum absolute atomic E-state index is 0.132. The maximum absolute atomic E-state index is 11.1. The molecule has 2 aromatic heterocycles. The molecule has 0 spiro atoms. The van der Waals surface area contributed by atoms with Gasteiger partial charge >= 0.3 is 0 Å². The smallest absolute Gasteiger partial charge is 0.269 e. The number of non-ortho nitro benzene ring substituents is 1. The zero-order chi connectivity index (χ0) is 20.1. The number of aromatic nitrogens is 4. The van der Waals surface area contributed by atoms with Crippen LogP contribution in [0.2, 0.25) is 0 Å². The van der Waals surface area contributed by atoms with Gasteiger partial charge in [-0.05, 0) is 62.2 Å². The molecule has 9 heteroatoms. The molecule has 0 N–H and O–H groups in total. The number of rotatable bonds is 5. The first-order chi connectivity index (χ1) is 14.0. The topological polar surface area (TPSA) is 82.0 Å². The summed E-state index contributed by atoms with van der Waals surface area (Å²) >= 11 is 5.79. The van der Waals surface area contributed by atoms with E-state index in [1.54, 1.807) is 24.5 Å². The number of fused-ring (bicyclic) bond motifs is 1. The summed E-state index contributed by atoms with van der Waals surface area (Å²) < 4.78 is 4.74. The number of anilines is 1. The third kappa shape index (κ3) is 3.11. The predicted octanol–water partition coefficient (Wildman–Crippen LogP) is 4.13. The first kappa shape index (κ1) is 18.0. The molecule has 29 heavy (non-hydrogen) atoms. The summed E-state index contributed by atoms with van der Waals surface area (Å²) in [5.74, 6) is 0.871. The number of hydrogen-bond acceptors (Lipinski definition) is 6. The zero-order valence-electron chi connectivity index (χ0n) is 15.9. The van der Waals surface area contributed by atoms with Crippen molar-refractivity contribution in [2.75, 3.05) is 4.90 Å². The fourth-order valence-corrected chi connectivity index (χ4v) is 4.36. The second kappa shape index (κ2) is 6.77. The molecule has 0 unspecified atom stereocenters. The van der Waals surface area contributed by atoms with Crippen molar-refractivity contribution >= 4 is 23.6 Å². The van der Waals surface area contributed by atoms with Crippen molar-refractivity contribution in [2.24, 2.45) is 0 Å². The Morgan fingerprint density at radius 3 is 2.69 bits per heavy atom. The second-order valence-electron chi connectivity index (χ2n) is 7.68. The Hall–Kier alpha value is -3.07. The van der Waals surface area contributed by atoms with Crippen LogP contribution in [0.15, 0.2) is 42.7 Å². The van der Waals surface area contributed by atoms with E-state index < -0.39 is 0 Å². The van der Waals surface area contributed by atoms with Crippen LogP contribution in [0.5, 0.6) is 0 Å². The van der Waals surface area contributed by atoms with Gasteiger partial charge in [-0.15, -0.1) is 5.10 Å². The third-order valence-corrected chi connectivity index (χ3v) is 6.05. The fourth-order valence-electron chi connectivity index (χ4n) is 4.03. The van der Waals surface area contributed by atoms with E-state index in [-0.39, 0.29) is 16.7 Å². The van der Waals surface area contributed by atoms with Gasteiger partial charge in [-0.3, -0.25) is 19.7 Å². The van der Waals surface area contributed by atoms with Crippen LogP contribution in [0.25, 0.3) is 11.4 Å². The highest BCUT2D eigenvalue weighted by atomic mass is 32.1. The molecular formula is C20H20N6O2S. The average Bonchev–Trinajstić information content (AvgIpc) is 3.44. The van der Waals surface area contributed by atoms with Gasteiger partial charge in [0.1, 0.15) is 6.67 Å². The minimum Gasteiger partial charge on any atom is -0.349 e. The van der Waals surface area contributed by atoms with E-state index in [4.69, 9.17) is 17.3 Å². The van der Waals surface area contributed by atoms with Gasteiger partial charge in [-0.25, -0.2) is 4.68 Å². The summed E-state index contributed by atoms with van der Waals surface area (Å²) in [4.78, 5) is 17.1. The molecule has 3 aromatic rings. The summed E-state index contributed by atoms with van der Waals surface area (Å²) in [6, 6.07) is 9.60. The summed E-state index contributed by atoms with van der Waals surface area (Å²) in [5.41, 5.74) is 3.14. The standard InChI is InChI=1S/C20H20N6O2S/c1-13-10-15-11-17(26(27)28)4-5-18(15)23(13)12-24-20(29)25(16-2-3-16)19(22-24)14-6-8-21-9-7-14/h4-9,11,13,16H,2-3,10,12H2,1H3/t13-/m0/s1. The second-order valence-corrected chi connectivity index (χ2v) is 8.04. The minimum atomic E-state index is -0.345. The highest BCUT2D eigenvalue weighted by Crippen LogP contribution is 2.39. The summed E-state index contributed by atoms with van der Waals surface area (Å²) in [5, 5.41) is 16.0. The molecule has 1 fully saturated rings. The van der Waals surface area contributed by atoms with Crippen molar-refractivity contribution in [1.82, 2.24) is 19.3 Å². The average molecular weight is 408 g/mol. The molecule has 0 radical (unpaired) electrons. The van der Waals surface area contributed by atoms with E-state index in [1.165, 1.54) is 0 Å². The van der Waals surface area contributed by atoms with Gasteiger partial charge in [0, 0.05) is 47.9 Å². The molecule has 0 bridgehead atoms. The molecule has 1 aromatic carbocycles. The lowest BCUT2D eigenvalue weighted by Gasteiger charge is -2.24. The Balaban J connectivity index is 1.52. The van der Waals surface area contributed by atoms with Crippen LogP contribution >= 0.6 is 12.2 Å². The van der Waals surface area contributed by atoms with E-state index in [1.807, 2.05) is 22.9 Å². The molecule has 1 saturated carbocycles. The predicted molar refractivity (Wildman–Crippen MR) is 111 cm³/mol. The van der Waals surface area contributed by atoms with Crippen LogP contribution in [0, 0.1) is 14.9 Å². The van der Waals surface area contributed by atoms with Gasteiger partial charge in [-0.1, -0.05) is 0 Å². The lowest BCUT2D eigenvalue weighted by atomic mass is 10.1. The molecule has 5 rings (SSSR count). The molecule has 1 aliphatic carbocycles. The number of pyridine rings is 1. The first-order valence-electron chi connectivity index (χ1n) is 9.66. The van der Waals surface area contributed by atoms with Crippen LogP contribution in [-0.2, 0) is 13.1 Å². The molecule has 1 atom stereocenters.